The fourth-order valence-electron chi connectivity index (χ4n) is 3.76. The van der Waals surface area contributed by atoms with E-state index in [2.05, 4.69) is 24.8 Å². The number of hydrogen-bond acceptors (Lipinski definition) is 5. The summed E-state index contributed by atoms with van der Waals surface area (Å²) in [6.45, 7) is 1.46. The molecule has 1 unspecified atom stereocenters. The highest BCUT2D eigenvalue weighted by atomic mass is 19.1. The minimum absolute atomic E-state index is 0.00897. The normalized spacial score (nSPS) is 21.0. The topological polar surface area (TPSA) is 77.9 Å². The first-order valence-electron chi connectivity index (χ1n) is 8.44. The molecule has 0 bridgehead atoms. The Morgan fingerprint density at radius 2 is 2.12 bits per heavy atom. The third kappa shape index (κ3) is 2.95. The summed E-state index contributed by atoms with van der Waals surface area (Å²) in [5.41, 5.74) is 1.67. The van der Waals surface area contributed by atoms with E-state index in [9.17, 15) is 9.50 Å². The molecule has 3 aromatic rings. The number of piperidine rings is 1. The molecule has 1 aliphatic heterocycles. The van der Waals surface area contributed by atoms with Crippen molar-refractivity contribution in [3.63, 3.8) is 0 Å². The lowest BCUT2D eigenvalue weighted by molar-refractivity contribution is 0.104. The number of benzene rings is 1. The number of halogens is 1. The molecule has 0 saturated carbocycles. The Kier molecular flexibility index (Phi) is 4.09. The van der Waals surface area contributed by atoms with Crippen LogP contribution in [0.5, 0.6) is 0 Å². The molecule has 2 N–H and O–H groups in total. The second-order valence-electron chi connectivity index (χ2n) is 6.75. The summed E-state index contributed by atoms with van der Waals surface area (Å²) in [5, 5.41) is 10.1. The lowest BCUT2D eigenvalue weighted by Gasteiger charge is -2.42. The molecule has 1 aromatic carbocycles. The average molecular weight is 341 g/mol. The monoisotopic (exact) mass is 341 g/mol. The quantitative estimate of drug-likeness (QED) is 0.761. The smallest absolute Gasteiger partial charge is 0.182 e. The number of anilines is 1. The van der Waals surface area contributed by atoms with Gasteiger partial charge in [-0.15, -0.1) is 0 Å². The zero-order valence-corrected chi connectivity index (χ0v) is 13.8. The van der Waals surface area contributed by atoms with E-state index in [1.54, 1.807) is 18.5 Å². The third-order valence-electron chi connectivity index (χ3n) is 5.02. The molecule has 1 atom stereocenters. The Morgan fingerprint density at radius 3 is 2.96 bits per heavy atom. The van der Waals surface area contributed by atoms with Crippen molar-refractivity contribution in [1.29, 1.82) is 0 Å². The van der Waals surface area contributed by atoms with Crippen LogP contribution in [0, 0.1) is 11.2 Å². The van der Waals surface area contributed by atoms with Crippen molar-refractivity contribution >= 4 is 17.0 Å². The molecule has 2 aromatic heterocycles. The van der Waals surface area contributed by atoms with E-state index in [1.807, 2.05) is 6.07 Å². The number of aromatic nitrogens is 4. The summed E-state index contributed by atoms with van der Waals surface area (Å²) < 4.78 is 14.1. The van der Waals surface area contributed by atoms with Gasteiger partial charge in [-0.25, -0.2) is 19.3 Å². The van der Waals surface area contributed by atoms with E-state index < -0.39 is 5.41 Å². The molecule has 1 saturated heterocycles. The molecule has 25 heavy (non-hydrogen) atoms. The number of nitrogens with one attached hydrogen (secondary N) is 1. The van der Waals surface area contributed by atoms with E-state index in [1.165, 1.54) is 12.4 Å². The van der Waals surface area contributed by atoms with Crippen LogP contribution in [0.15, 0.2) is 36.9 Å². The van der Waals surface area contributed by atoms with Gasteiger partial charge in [-0.2, -0.15) is 0 Å². The second-order valence-corrected chi connectivity index (χ2v) is 6.75. The molecule has 130 valence electrons. The Morgan fingerprint density at radius 1 is 1.24 bits per heavy atom. The Hall–Kier alpha value is -2.54. The minimum Gasteiger partial charge on any atom is -0.396 e. The number of fused-ring (bicyclic) bond motifs is 1. The van der Waals surface area contributed by atoms with Crippen molar-refractivity contribution in [1.82, 2.24) is 19.9 Å². The fourth-order valence-corrected chi connectivity index (χ4v) is 3.76. The standard InChI is InChI=1S/C18H20FN5O/c19-14-5-2-1-4-13(14)8-18(10-25)6-3-7-24(9-18)17-15-16(21-11-20-15)22-12-23-17/h1-2,4-5,11-12,25H,3,6-10H2,(H,20,21,22,23). The maximum Gasteiger partial charge on any atom is 0.182 e. The molecule has 0 radical (unpaired) electrons. The fraction of sp³-hybridized carbons (Fsp3) is 0.389. The highest BCUT2D eigenvalue weighted by Gasteiger charge is 2.37. The van der Waals surface area contributed by atoms with Gasteiger partial charge in [-0.1, -0.05) is 18.2 Å². The third-order valence-corrected chi connectivity index (χ3v) is 5.02. The summed E-state index contributed by atoms with van der Waals surface area (Å²) >= 11 is 0. The molecule has 1 fully saturated rings. The zero-order valence-electron chi connectivity index (χ0n) is 13.8. The van der Waals surface area contributed by atoms with Crippen molar-refractivity contribution < 1.29 is 9.50 Å². The second kappa shape index (κ2) is 6.40. The highest BCUT2D eigenvalue weighted by molar-refractivity contribution is 5.82. The molecular formula is C18H20FN5O. The van der Waals surface area contributed by atoms with Gasteiger partial charge >= 0.3 is 0 Å². The number of rotatable bonds is 4. The van der Waals surface area contributed by atoms with Crippen LogP contribution in [0.1, 0.15) is 18.4 Å². The molecule has 3 heterocycles. The Bertz CT molecular complexity index is 883. The molecule has 7 heteroatoms. The van der Waals surface area contributed by atoms with Gasteiger partial charge in [0, 0.05) is 18.5 Å². The average Bonchev–Trinajstić information content (AvgIpc) is 3.13. The summed E-state index contributed by atoms with van der Waals surface area (Å²) in [6.07, 6.45) is 5.38. The van der Waals surface area contributed by atoms with Gasteiger partial charge in [0.15, 0.2) is 11.5 Å². The molecule has 0 amide bonds. The number of aromatic amines is 1. The van der Waals surface area contributed by atoms with Gasteiger partial charge in [-0.05, 0) is 30.9 Å². The number of nitrogens with zero attached hydrogens (tertiary/aromatic N) is 4. The van der Waals surface area contributed by atoms with Crippen LogP contribution in [0.25, 0.3) is 11.2 Å². The predicted molar refractivity (Wildman–Crippen MR) is 92.8 cm³/mol. The summed E-state index contributed by atoms with van der Waals surface area (Å²) in [5.74, 6) is 0.569. The molecular weight excluding hydrogens is 321 g/mol. The van der Waals surface area contributed by atoms with Crippen molar-refractivity contribution in [2.75, 3.05) is 24.6 Å². The molecule has 1 aliphatic rings. The maximum absolute atomic E-state index is 14.1. The summed E-state index contributed by atoms with van der Waals surface area (Å²) in [4.78, 5) is 18.0. The van der Waals surface area contributed by atoms with Crippen molar-refractivity contribution in [2.24, 2.45) is 5.41 Å². The molecule has 0 aliphatic carbocycles. The van der Waals surface area contributed by atoms with Crippen molar-refractivity contribution in [3.05, 3.63) is 48.3 Å². The molecule has 0 spiro atoms. The van der Waals surface area contributed by atoms with Crippen LogP contribution < -0.4 is 4.90 Å². The number of aliphatic hydroxyl groups excluding tert-OH is 1. The van der Waals surface area contributed by atoms with Crippen LogP contribution in [-0.4, -0.2) is 44.7 Å². The molecule has 4 rings (SSSR count). The zero-order chi connectivity index (χ0) is 17.3. The highest BCUT2D eigenvalue weighted by Crippen LogP contribution is 2.36. The number of H-pyrrole nitrogens is 1. The maximum atomic E-state index is 14.1. The summed E-state index contributed by atoms with van der Waals surface area (Å²) in [6, 6.07) is 6.79. The lowest BCUT2D eigenvalue weighted by Crippen LogP contribution is -2.47. The van der Waals surface area contributed by atoms with Gasteiger partial charge in [0.2, 0.25) is 0 Å². The van der Waals surface area contributed by atoms with Crippen LogP contribution in [0.3, 0.4) is 0 Å². The SMILES string of the molecule is OCC1(Cc2ccccc2F)CCCN(c2ncnc3nc[nH]c23)C1. The van der Waals surface area contributed by atoms with Crippen LogP contribution in [0.2, 0.25) is 0 Å². The van der Waals surface area contributed by atoms with Gasteiger partial charge in [0.05, 0.1) is 12.9 Å². The number of aliphatic hydroxyl groups is 1. The summed E-state index contributed by atoms with van der Waals surface area (Å²) in [7, 11) is 0. The van der Waals surface area contributed by atoms with Gasteiger partial charge in [0.25, 0.3) is 0 Å². The number of hydrogen-bond donors (Lipinski definition) is 2. The van der Waals surface area contributed by atoms with E-state index in [4.69, 9.17) is 0 Å². The van der Waals surface area contributed by atoms with Crippen molar-refractivity contribution in [3.8, 4) is 0 Å². The van der Waals surface area contributed by atoms with E-state index in [0.717, 1.165) is 30.7 Å². The van der Waals surface area contributed by atoms with E-state index >= 15 is 0 Å². The van der Waals surface area contributed by atoms with Crippen LogP contribution >= 0.6 is 0 Å². The first-order valence-corrected chi connectivity index (χ1v) is 8.44. The van der Waals surface area contributed by atoms with Crippen LogP contribution in [0.4, 0.5) is 10.2 Å². The first-order chi connectivity index (χ1) is 12.2. The first kappa shape index (κ1) is 16.0. The largest absolute Gasteiger partial charge is 0.396 e. The van der Waals surface area contributed by atoms with Gasteiger partial charge < -0.3 is 15.0 Å². The van der Waals surface area contributed by atoms with Gasteiger partial charge in [-0.3, -0.25) is 0 Å². The van der Waals surface area contributed by atoms with Gasteiger partial charge in [0.1, 0.15) is 17.7 Å². The van der Waals surface area contributed by atoms with Crippen molar-refractivity contribution in [2.45, 2.75) is 19.3 Å². The van der Waals surface area contributed by atoms with Crippen LogP contribution in [-0.2, 0) is 6.42 Å². The predicted octanol–water partition coefficient (Wildman–Crippen LogP) is 2.31. The molecule has 6 nitrogen and oxygen atoms in total. The van der Waals surface area contributed by atoms with E-state index in [0.29, 0.717) is 24.2 Å². The van der Waals surface area contributed by atoms with E-state index in [-0.39, 0.29) is 12.4 Å². The Labute approximate surface area is 144 Å². The number of imidazole rings is 1. The lowest BCUT2D eigenvalue weighted by atomic mass is 9.75. The minimum atomic E-state index is -0.391. The Balaban J connectivity index is 1.64.